The van der Waals surface area contributed by atoms with Gasteiger partial charge in [-0.3, -0.25) is 4.79 Å². The molecule has 0 aromatic heterocycles. The van der Waals surface area contributed by atoms with Gasteiger partial charge in [0.05, 0.1) is 19.4 Å². The van der Waals surface area contributed by atoms with E-state index in [0.717, 1.165) is 36.1 Å². The van der Waals surface area contributed by atoms with Gasteiger partial charge in [-0.15, -0.1) is 0 Å². The number of hydrogen-bond acceptors (Lipinski definition) is 6. The molecular weight excluding hydrogens is 406 g/mol. The van der Waals surface area contributed by atoms with Crippen LogP contribution < -0.4 is 15.9 Å². The smallest absolute Gasteiger partial charge is 0.328 e. The molecule has 7 heteroatoms. The number of ether oxygens (including phenoxy) is 2. The van der Waals surface area contributed by atoms with E-state index in [1.54, 1.807) is 13.1 Å². The van der Waals surface area contributed by atoms with Crippen LogP contribution in [-0.4, -0.2) is 37.3 Å². The average Bonchev–Trinajstić information content (AvgIpc) is 2.79. The van der Waals surface area contributed by atoms with Crippen molar-refractivity contribution in [2.24, 2.45) is 10.9 Å². The molecule has 172 valence electrons. The number of benzene rings is 2. The monoisotopic (exact) mass is 439 g/mol. The third-order valence-corrected chi connectivity index (χ3v) is 4.90. The summed E-state index contributed by atoms with van der Waals surface area (Å²) in [5.74, 6) is 5.36. The summed E-state index contributed by atoms with van der Waals surface area (Å²) < 4.78 is 10.6. The van der Waals surface area contributed by atoms with Crippen LogP contribution in [0.2, 0.25) is 0 Å². The van der Waals surface area contributed by atoms with Crippen molar-refractivity contribution in [3.8, 4) is 5.75 Å². The fraction of sp³-hybridized carbons (Fsp3) is 0.400. The zero-order valence-corrected chi connectivity index (χ0v) is 18.9. The number of nitrogens with two attached hydrogens (primary N) is 1. The molecule has 2 aromatic carbocycles. The maximum atomic E-state index is 12.5. The van der Waals surface area contributed by atoms with Gasteiger partial charge < -0.3 is 20.6 Å². The minimum atomic E-state index is -0.711. The van der Waals surface area contributed by atoms with Gasteiger partial charge >= 0.3 is 5.97 Å². The largest absolute Gasteiger partial charge is 0.494 e. The zero-order chi connectivity index (χ0) is 23.2. The third-order valence-electron chi connectivity index (χ3n) is 4.90. The number of nitrogens with one attached hydrogen (secondary N) is 1. The summed E-state index contributed by atoms with van der Waals surface area (Å²) in [5, 5.41) is 6.35. The van der Waals surface area contributed by atoms with E-state index in [0.29, 0.717) is 19.4 Å². The van der Waals surface area contributed by atoms with Crippen molar-refractivity contribution in [2.75, 3.05) is 13.2 Å². The predicted molar refractivity (Wildman–Crippen MR) is 126 cm³/mol. The number of esters is 1. The Kier molecular flexibility index (Phi) is 10.8. The van der Waals surface area contributed by atoms with E-state index >= 15 is 0 Å². The lowest BCUT2D eigenvalue weighted by molar-refractivity contribution is -0.147. The first-order valence-electron chi connectivity index (χ1n) is 11.1. The lowest BCUT2D eigenvalue weighted by atomic mass is 10.0. The number of carbonyl (C=O) groups is 2. The molecule has 3 N–H and O–H groups in total. The van der Waals surface area contributed by atoms with Crippen molar-refractivity contribution in [3.63, 3.8) is 0 Å². The normalized spacial score (nSPS) is 11.8. The third kappa shape index (κ3) is 8.79. The molecule has 0 heterocycles. The van der Waals surface area contributed by atoms with Crippen molar-refractivity contribution in [3.05, 3.63) is 65.2 Å². The Hall–Kier alpha value is -3.35. The maximum absolute atomic E-state index is 12.5. The van der Waals surface area contributed by atoms with E-state index in [9.17, 15) is 9.59 Å². The van der Waals surface area contributed by atoms with E-state index in [4.69, 9.17) is 15.3 Å². The van der Waals surface area contributed by atoms with E-state index in [2.05, 4.69) is 10.4 Å². The van der Waals surface area contributed by atoms with Crippen LogP contribution in [0.1, 0.15) is 49.8 Å². The van der Waals surface area contributed by atoms with Crippen molar-refractivity contribution < 1.29 is 19.1 Å². The molecule has 2 rings (SSSR count). The number of hydrazone groups is 1. The number of rotatable bonds is 13. The summed E-state index contributed by atoms with van der Waals surface area (Å²) in [6.45, 7) is 4.54. The minimum absolute atomic E-state index is 0.150. The summed E-state index contributed by atoms with van der Waals surface area (Å²) in [6.07, 6.45) is 4.81. The van der Waals surface area contributed by atoms with Crippen LogP contribution in [0.15, 0.2) is 53.6 Å². The fourth-order valence-electron chi connectivity index (χ4n) is 3.30. The topological polar surface area (TPSA) is 103 Å². The number of amides is 1. The average molecular weight is 440 g/mol. The van der Waals surface area contributed by atoms with Gasteiger partial charge in [0.2, 0.25) is 5.91 Å². The number of hydrogen-bond donors (Lipinski definition) is 2. The first-order valence-corrected chi connectivity index (χ1v) is 11.1. The Morgan fingerprint density at radius 2 is 1.69 bits per heavy atom. The lowest BCUT2D eigenvalue weighted by Gasteiger charge is -2.18. The molecular formula is C25H33N3O4. The van der Waals surface area contributed by atoms with E-state index in [1.807, 2.05) is 55.5 Å². The van der Waals surface area contributed by atoms with Crippen LogP contribution >= 0.6 is 0 Å². The highest BCUT2D eigenvalue weighted by Gasteiger charge is 2.22. The number of carbonyl (C=O) groups excluding carboxylic acids is 2. The van der Waals surface area contributed by atoms with Crippen molar-refractivity contribution >= 4 is 18.1 Å². The molecule has 1 amide bonds. The van der Waals surface area contributed by atoms with Crippen LogP contribution in [0.5, 0.6) is 5.75 Å². The van der Waals surface area contributed by atoms with Gasteiger partial charge in [0.1, 0.15) is 11.8 Å². The summed E-state index contributed by atoms with van der Waals surface area (Å²) in [6, 6.07) is 14.8. The van der Waals surface area contributed by atoms with Crippen LogP contribution in [0.25, 0.3) is 0 Å². The molecule has 0 aliphatic heterocycles. The highest BCUT2D eigenvalue weighted by Crippen LogP contribution is 2.14. The van der Waals surface area contributed by atoms with Gasteiger partial charge in [-0.1, -0.05) is 36.4 Å². The second-order valence-corrected chi connectivity index (χ2v) is 7.38. The van der Waals surface area contributed by atoms with Gasteiger partial charge in [-0.05, 0) is 61.9 Å². The van der Waals surface area contributed by atoms with Crippen LogP contribution in [0, 0.1) is 0 Å². The molecule has 0 radical (unpaired) electrons. The molecule has 32 heavy (non-hydrogen) atoms. The summed E-state index contributed by atoms with van der Waals surface area (Å²) in [7, 11) is 0. The summed E-state index contributed by atoms with van der Waals surface area (Å²) >= 11 is 0. The van der Waals surface area contributed by atoms with Crippen LogP contribution in [0.3, 0.4) is 0 Å². The molecule has 0 aliphatic carbocycles. The Labute approximate surface area is 190 Å². The molecule has 0 aliphatic rings. The molecule has 0 bridgehead atoms. The Balaban J connectivity index is 1.83. The Morgan fingerprint density at radius 1 is 1.00 bits per heavy atom. The van der Waals surface area contributed by atoms with Gasteiger partial charge in [-0.25, -0.2) is 4.79 Å². The van der Waals surface area contributed by atoms with Crippen LogP contribution in [0.4, 0.5) is 0 Å². The van der Waals surface area contributed by atoms with E-state index in [1.165, 1.54) is 5.56 Å². The molecule has 0 saturated carbocycles. The lowest BCUT2D eigenvalue weighted by Crippen LogP contribution is -2.43. The molecule has 0 fully saturated rings. The van der Waals surface area contributed by atoms with Crippen molar-refractivity contribution in [1.29, 1.82) is 0 Å². The second kappa shape index (κ2) is 13.9. The number of nitrogens with zero attached hydrogens (tertiary/aromatic N) is 1. The minimum Gasteiger partial charge on any atom is -0.494 e. The van der Waals surface area contributed by atoms with Gasteiger partial charge in [0, 0.05) is 12.8 Å². The molecule has 1 atom stereocenters. The van der Waals surface area contributed by atoms with Gasteiger partial charge in [0.15, 0.2) is 0 Å². The quantitative estimate of drug-likeness (QED) is 0.164. The standard InChI is InChI=1S/C25H33N3O4/c1-3-31-22-15-13-20(14-16-22)17-23(25(30)32-4-2)28-24(29)8-6-5-7-19-9-11-21(12-10-19)18-27-26/h9-16,18,23H,3-8,17,26H2,1-2H3,(H,28,29). The second-order valence-electron chi connectivity index (χ2n) is 7.38. The molecule has 7 nitrogen and oxygen atoms in total. The van der Waals surface area contributed by atoms with Crippen LogP contribution in [-0.2, 0) is 27.2 Å². The van der Waals surface area contributed by atoms with Crippen molar-refractivity contribution in [1.82, 2.24) is 5.32 Å². The predicted octanol–water partition coefficient (Wildman–Crippen LogP) is 3.38. The summed E-state index contributed by atoms with van der Waals surface area (Å²) in [4.78, 5) is 24.8. The zero-order valence-electron chi connectivity index (χ0n) is 18.9. The SMILES string of the molecule is CCOC(=O)C(Cc1ccc(OCC)cc1)NC(=O)CCCCc1ccc(C=NN)cc1. The number of unbranched alkanes of at least 4 members (excludes halogenated alkanes) is 1. The fourth-order valence-corrected chi connectivity index (χ4v) is 3.30. The Bertz CT molecular complexity index is 864. The Morgan fingerprint density at radius 3 is 2.31 bits per heavy atom. The summed E-state index contributed by atoms with van der Waals surface area (Å²) in [5.41, 5.74) is 3.07. The van der Waals surface area contributed by atoms with Crippen molar-refractivity contribution in [2.45, 2.75) is 52.0 Å². The maximum Gasteiger partial charge on any atom is 0.328 e. The number of aryl methyl sites for hydroxylation is 1. The van der Waals surface area contributed by atoms with Gasteiger partial charge in [-0.2, -0.15) is 5.10 Å². The highest BCUT2D eigenvalue weighted by atomic mass is 16.5. The van der Waals surface area contributed by atoms with Gasteiger partial charge in [0.25, 0.3) is 0 Å². The molecule has 2 aromatic rings. The van der Waals surface area contributed by atoms with E-state index < -0.39 is 12.0 Å². The highest BCUT2D eigenvalue weighted by molar-refractivity contribution is 5.84. The van der Waals surface area contributed by atoms with E-state index in [-0.39, 0.29) is 12.5 Å². The molecule has 0 saturated heterocycles. The first-order chi connectivity index (χ1) is 15.5. The molecule has 0 spiro atoms. The first kappa shape index (κ1) is 24.9. The molecule has 1 unspecified atom stereocenters.